The first kappa shape index (κ1) is 19.9. The van der Waals surface area contributed by atoms with Crippen LogP contribution in [0.15, 0.2) is 54.6 Å². The van der Waals surface area contributed by atoms with Crippen molar-refractivity contribution in [3.8, 4) is 0 Å². The van der Waals surface area contributed by atoms with Crippen LogP contribution in [0, 0.1) is 5.41 Å². The van der Waals surface area contributed by atoms with Crippen molar-refractivity contribution >= 4 is 17.5 Å². The summed E-state index contributed by atoms with van der Waals surface area (Å²) in [6.07, 6.45) is 1.61. The summed E-state index contributed by atoms with van der Waals surface area (Å²) in [5.74, 6) is 0.00128. The third kappa shape index (κ3) is 4.53. The van der Waals surface area contributed by atoms with E-state index in [9.17, 15) is 9.59 Å². The zero-order chi connectivity index (χ0) is 20.1. The van der Waals surface area contributed by atoms with Crippen LogP contribution in [-0.2, 0) is 11.3 Å². The van der Waals surface area contributed by atoms with Crippen LogP contribution in [0.3, 0.4) is 0 Å². The number of rotatable bonds is 5. The molecule has 1 saturated heterocycles. The highest BCUT2D eigenvalue weighted by molar-refractivity contribution is 5.96. The van der Waals surface area contributed by atoms with E-state index in [1.807, 2.05) is 85.4 Å². The Bertz CT molecular complexity index is 835. The van der Waals surface area contributed by atoms with E-state index < -0.39 is 5.41 Å². The summed E-state index contributed by atoms with van der Waals surface area (Å²) in [4.78, 5) is 29.7. The van der Waals surface area contributed by atoms with Crippen LogP contribution >= 0.6 is 0 Å². The molecule has 1 N–H and O–H groups in total. The third-order valence-electron chi connectivity index (χ3n) is 5.44. The van der Waals surface area contributed by atoms with Gasteiger partial charge in [-0.25, -0.2) is 0 Å². The molecule has 3 rings (SSSR count). The smallest absolute Gasteiger partial charge is 0.253 e. The predicted octanol–water partition coefficient (Wildman–Crippen LogP) is 3.31. The van der Waals surface area contributed by atoms with E-state index in [0.717, 1.165) is 24.1 Å². The average Bonchev–Trinajstić information content (AvgIpc) is 2.72. The summed E-state index contributed by atoms with van der Waals surface area (Å²) in [5.41, 5.74) is 2.16. The minimum atomic E-state index is -0.568. The van der Waals surface area contributed by atoms with Gasteiger partial charge in [-0.2, -0.15) is 0 Å². The zero-order valence-electron chi connectivity index (χ0n) is 16.9. The second-order valence-corrected chi connectivity index (χ2v) is 8.00. The maximum Gasteiger partial charge on any atom is 0.253 e. The van der Waals surface area contributed by atoms with E-state index in [0.29, 0.717) is 25.2 Å². The number of carbonyl (C=O) groups is 2. The Labute approximate surface area is 167 Å². The molecular formula is C23H29N3O2. The number of likely N-dealkylation sites (tertiary alicyclic amines) is 1. The van der Waals surface area contributed by atoms with Crippen molar-refractivity contribution in [2.75, 3.05) is 32.1 Å². The van der Waals surface area contributed by atoms with Crippen molar-refractivity contribution in [1.82, 2.24) is 10.2 Å². The van der Waals surface area contributed by atoms with Gasteiger partial charge in [0.05, 0.1) is 5.41 Å². The molecule has 0 saturated carbocycles. The molecule has 0 spiro atoms. The van der Waals surface area contributed by atoms with Crippen LogP contribution in [0.25, 0.3) is 0 Å². The van der Waals surface area contributed by atoms with Gasteiger partial charge in [-0.05, 0) is 43.5 Å². The van der Waals surface area contributed by atoms with Crippen LogP contribution in [0.1, 0.15) is 35.7 Å². The molecule has 5 heteroatoms. The minimum Gasteiger partial charge on any atom is -0.378 e. The van der Waals surface area contributed by atoms with Crippen LogP contribution in [0.5, 0.6) is 0 Å². The van der Waals surface area contributed by atoms with E-state index in [2.05, 4.69) is 5.32 Å². The maximum atomic E-state index is 13.0. The van der Waals surface area contributed by atoms with Gasteiger partial charge in [0.25, 0.3) is 5.91 Å². The normalized spacial score (nSPS) is 19.2. The highest BCUT2D eigenvalue weighted by Crippen LogP contribution is 2.31. The fourth-order valence-electron chi connectivity index (χ4n) is 3.69. The Balaban J connectivity index is 1.67. The molecule has 2 amide bonds. The second kappa shape index (κ2) is 8.46. The Morgan fingerprint density at radius 2 is 1.86 bits per heavy atom. The number of hydrogen-bond donors (Lipinski definition) is 1. The topological polar surface area (TPSA) is 52.7 Å². The maximum absolute atomic E-state index is 13.0. The van der Waals surface area contributed by atoms with Gasteiger partial charge in [0.2, 0.25) is 5.91 Å². The van der Waals surface area contributed by atoms with Gasteiger partial charge in [-0.1, -0.05) is 36.4 Å². The van der Waals surface area contributed by atoms with Crippen LogP contribution < -0.4 is 10.2 Å². The lowest BCUT2D eigenvalue weighted by Crippen LogP contribution is -2.51. The first-order chi connectivity index (χ1) is 13.4. The molecule has 2 aromatic rings. The van der Waals surface area contributed by atoms with E-state index in [1.54, 1.807) is 0 Å². The molecule has 1 aliphatic rings. The number of nitrogens with one attached hydrogen (secondary N) is 1. The molecule has 0 unspecified atom stereocenters. The number of anilines is 1. The van der Waals surface area contributed by atoms with Crippen LogP contribution in [0.4, 0.5) is 5.69 Å². The molecule has 0 aromatic heterocycles. The Hall–Kier alpha value is -2.82. The fourth-order valence-corrected chi connectivity index (χ4v) is 3.69. The lowest BCUT2D eigenvalue weighted by Gasteiger charge is -2.39. The van der Waals surface area contributed by atoms with Gasteiger partial charge in [0.1, 0.15) is 0 Å². The Kier molecular flexibility index (Phi) is 6.02. The van der Waals surface area contributed by atoms with Gasteiger partial charge >= 0.3 is 0 Å². The summed E-state index contributed by atoms with van der Waals surface area (Å²) in [7, 11) is 3.91. The lowest BCUT2D eigenvalue weighted by molar-refractivity contribution is -0.132. The molecular weight excluding hydrogens is 350 g/mol. The van der Waals surface area contributed by atoms with Crippen molar-refractivity contribution < 1.29 is 9.59 Å². The monoisotopic (exact) mass is 379 g/mol. The highest BCUT2D eigenvalue weighted by Gasteiger charge is 2.39. The number of nitrogens with zero attached hydrogens (tertiary/aromatic N) is 2. The summed E-state index contributed by atoms with van der Waals surface area (Å²) >= 11 is 0. The molecule has 1 atom stereocenters. The van der Waals surface area contributed by atoms with Gasteiger partial charge in [-0.3, -0.25) is 9.59 Å². The molecule has 5 nitrogen and oxygen atoms in total. The van der Waals surface area contributed by atoms with Gasteiger partial charge in [0.15, 0.2) is 0 Å². The van der Waals surface area contributed by atoms with Crippen LogP contribution in [-0.4, -0.2) is 43.9 Å². The fraction of sp³-hybridized carbons (Fsp3) is 0.391. The molecule has 0 aliphatic carbocycles. The van der Waals surface area contributed by atoms with E-state index in [1.165, 1.54) is 0 Å². The molecule has 1 heterocycles. The quantitative estimate of drug-likeness (QED) is 0.867. The average molecular weight is 380 g/mol. The van der Waals surface area contributed by atoms with Crippen molar-refractivity contribution in [3.63, 3.8) is 0 Å². The van der Waals surface area contributed by atoms with E-state index in [4.69, 9.17) is 0 Å². The second-order valence-electron chi connectivity index (χ2n) is 8.00. The largest absolute Gasteiger partial charge is 0.378 e. The number of hydrogen-bond acceptors (Lipinski definition) is 3. The SMILES string of the molecule is CN(C)c1cccc(C(=O)N2CCC[C@@](C)(C(=O)NCc3ccccc3)C2)c1. The number of piperidine rings is 1. The molecule has 28 heavy (non-hydrogen) atoms. The third-order valence-corrected chi connectivity index (χ3v) is 5.44. The first-order valence-corrected chi connectivity index (χ1v) is 9.78. The number of benzene rings is 2. The van der Waals surface area contributed by atoms with Crippen molar-refractivity contribution in [2.45, 2.75) is 26.3 Å². The molecule has 0 radical (unpaired) electrons. The van der Waals surface area contributed by atoms with Gasteiger partial charge in [0, 0.05) is 45.0 Å². The Morgan fingerprint density at radius 3 is 2.57 bits per heavy atom. The zero-order valence-corrected chi connectivity index (χ0v) is 16.9. The Morgan fingerprint density at radius 1 is 1.11 bits per heavy atom. The summed E-state index contributed by atoms with van der Waals surface area (Å²) in [6.45, 7) is 3.60. The number of carbonyl (C=O) groups excluding carboxylic acids is 2. The molecule has 1 aliphatic heterocycles. The van der Waals surface area contributed by atoms with Gasteiger partial charge < -0.3 is 15.1 Å². The summed E-state index contributed by atoms with van der Waals surface area (Å²) in [6, 6.07) is 17.5. The van der Waals surface area contributed by atoms with Crippen molar-refractivity contribution in [1.29, 1.82) is 0 Å². The lowest BCUT2D eigenvalue weighted by atomic mass is 9.80. The minimum absolute atomic E-state index is 0.00881. The summed E-state index contributed by atoms with van der Waals surface area (Å²) < 4.78 is 0. The van der Waals surface area contributed by atoms with Gasteiger partial charge in [-0.15, -0.1) is 0 Å². The van der Waals surface area contributed by atoms with Crippen LogP contribution in [0.2, 0.25) is 0 Å². The molecule has 1 fully saturated rings. The summed E-state index contributed by atoms with van der Waals surface area (Å²) in [5, 5.41) is 3.05. The standard InChI is InChI=1S/C23H29N3O2/c1-23(22(28)24-16-18-9-5-4-6-10-18)13-8-14-26(17-23)21(27)19-11-7-12-20(15-19)25(2)3/h4-7,9-12,15H,8,13-14,16-17H2,1-3H3,(H,24,28)/t23-/m1/s1. The van der Waals surface area contributed by atoms with Crippen molar-refractivity contribution in [2.24, 2.45) is 5.41 Å². The molecule has 0 bridgehead atoms. The van der Waals surface area contributed by atoms with Crippen molar-refractivity contribution in [3.05, 3.63) is 65.7 Å². The highest BCUT2D eigenvalue weighted by atomic mass is 16.2. The first-order valence-electron chi connectivity index (χ1n) is 9.78. The van der Waals surface area contributed by atoms with E-state index in [-0.39, 0.29) is 11.8 Å². The molecule has 148 valence electrons. The number of amides is 2. The van der Waals surface area contributed by atoms with E-state index >= 15 is 0 Å². The molecule has 2 aromatic carbocycles. The predicted molar refractivity (Wildman–Crippen MR) is 112 cm³/mol.